The highest BCUT2D eigenvalue weighted by atomic mass is 32.1. The zero-order valence-electron chi connectivity index (χ0n) is 10.4. The van der Waals surface area contributed by atoms with Gasteiger partial charge in [0, 0.05) is 6.54 Å². The van der Waals surface area contributed by atoms with E-state index in [1.54, 1.807) is 0 Å². The molecule has 0 spiro atoms. The molecule has 0 aromatic heterocycles. The minimum atomic E-state index is 0.0164. The maximum absolute atomic E-state index is 12.1. The maximum atomic E-state index is 12.1. The quantitative estimate of drug-likeness (QED) is 0.603. The van der Waals surface area contributed by atoms with Gasteiger partial charge in [0.2, 0.25) is 11.8 Å². The molecule has 2 fully saturated rings. The zero-order valence-corrected chi connectivity index (χ0v) is 11.3. The van der Waals surface area contributed by atoms with E-state index in [0.29, 0.717) is 12.5 Å². The number of hydrogen-bond donors (Lipinski definition) is 1. The van der Waals surface area contributed by atoms with Crippen molar-refractivity contribution >= 4 is 24.4 Å². The fourth-order valence-electron chi connectivity index (χ4n) is 2.99. The maximum Gasteiger partial charge on any atom is 0.233 e. The molecule has 96 valence electrons. The van der Waals surface area contributed by atoms with Crippen molar-refractivity contribution in [1.29, 1.82) is 0 Å². The summed E-state index contributed by atoms with van der Waals surface area (Å²) in [7, 11) is 0. The summed E-state index contributed by atoms with van der Waals surface area (Å²) in [5.74, 6) is 1.62. The van der Waals surface area contributed by atoms with Gasteiger partial charge >= 0.3 is 0 Å². The van der Waals surface area contributed by atoms with E-state index in [9.17, 15) is 9.59 Å². The number of fused-ring (bicyclic) bond motifs is 1. The van der Waals surface area contributed by atoms with E-state index < -0.39 is 0 Å². The Bertz CT molecular complexity index is 297. The topological polar surface area (TPSA) is 37.4 Å². The first-order valence-corrected chi connectivity index (χ1v) is 7.24. The zero-order chi connectivity index (χ0) is 12.4. The lowest BCUT2D eigenvalue weighted by Gasteiger charge is -2.18. The minimum Gasteiger partial charge on any atom is -0.282 e. The van der Waals surface area contributed by atoms with Gasteiger partial charge in [-0.05, 0) is 37.4 Å². The van der Waals surface area contributed by atoms with Crippen LogP contribution in [0.2, 0.25) is 0 Å². The molecule has 4 heteroatoms. The van der Waals surface area contributed by atoms with Crippen LogP contribution in [0, 0.1) is 17.8 Å². The molecule has 0 bridgehead atoms. The van der Waals surface area contributed by atoms with E-state index in [1.165, 1.54) is 4.90 Å². The normalized spacial score (nSPS) is 29.9. The van der Waals surface area contributed by atoms with Gasteiger partial charge < -0.3 is 0 Å². The summed E-state index contributed by atoms with van der Waals surface area (Å²) in [5, 5.41) is 0. The molecule has 0 aromatic rings. The fourth-order valence-corrected chi connectivity index (χ4v) is 3.44. The predicted molar refractivity (Wildman–Crippen MR) is 69.8 cm³/mol. The Morgan fingerprint density at radius 1 is 1.24 bits per heavy atom. The molecule has 1 heterocycles. The van der Waals surface area contributed by atoms with Crippen molar-refractivity contribution < 1.29 is 9.59 Å². The largest absolute Gasteiger partial charge is 0.282 e. The van der Waals surface area contributed by atoms with Crippen molar-refractivity contribution in [3.05, 3.63) is 0 Å². The molecule has 0 radical (unpaired) electrons. The SMILES string of the molecule is CC(CCS)CCN1C(=O)C2CCCC2C1=O. The van der Waals surface area contributed by atoms with Crippen LogP contribution in [0.1, 0.15) is 39.0 Å². The van der Waals surface area contributed by atoms with Gasteiger partial charge in [-0.15, -0.1) is 0 Å². The second-order valence-electron chi connectivity index (χ2n) is 5.38. The first-order valence-electron chi connectivity index (χ1n) is 6.61. The van der Waals surface area contributed by atoms with E-state index in [1.807, 2.05) is 0 Å². The number of thiol groups is 1. The van der Waals surface area contributed by atoms with Gasteiger partial charge in [0.15, 0.2) is 0 Å². The second kappa shape index (κ2) is 5.42. The summed E-state index contributed by atoms with van der Waals surface area (Å²) in [6.45, 7) is 2.77. The Kier molecular flexibility index (Phi) is 4.13. The molecule has 2 aliphatic rings. The van der Waals surface area contributed by atoms with Crippen molar-refractivity contribution in [3.63, 3.8) is 0 Å². The second-order valence-corrected chi connectivity index (χ2v) is 5.83. The smallest absolute Gasteiger partial charge is 0.233 e. The van der Waals surface area contributed by atoms with E-state index in [0.717, 1.165) is 37.9 Å². The average molecular weight is 255 g/mol. The van der Waals surface area contributed by atoms with Gasteiger partial charge in [-0.2, -0.15) is 12.6 Å². The molecule has 0 aromatic carbocycles. The number of nitrogens with zero attached hydrogens (tertiary/aromatic N) is 1. The number of imide groups is 1. The van der Waals surface area contributed by atoms with Crippen LogP contribution in [-0.2, 0) is 9.59 Å². The van der Waals surface area contributed by atoms with Gasteiger partial charge in [0.25, 0.3) is 0 Å². The molecular formula is C13H21NO2S. The van der Waals surface area contributed by atoms with Gasteiger partial charge in [-0.1, -0.05) is 13.3 Å². The third-order valence-electron chi connectivity index (χ3n) is 4.15. The number of carbonyl (C=O) groups is 2. The standard InChI is InChI=1S/C13H21NO2S/c1-9(6-8-17)5-7-14-12(15)10-3-2-4-11(10)13(14)16/h9-11,17H,2-8H2,1H3. The van der Waals surface area contributed by atoms with Crippen LogP contribution in [0.4, 0.5) is 0 Å². The molecular weight excluding hydrogens is 234 g/mol. The van der Waals surface area contributed by atoms with E-state index in [2.05, 4.69) is 19.6 Å². The molecule has 1 aliphatic heterocycles. The van der Waals surface area contributed by atoms with Crippen LogP contribution in [-0.4, -0.2) is 29.0 Å². The van der Waals surface area contributed by atoms with Crippen LogP contribution >= 0.6 is 12.6 Å². The molecule has 2 amide bonds. The minimum absolute atomic E-state index is 0.0164. The average Bonchev–Trinajstić information content (AvgIpc) is 2.84. The molecule has 1 saturated heterocycles. The van der Waals surface area contributed by atoms with Gasteiger partial charge in [-0.25, -0.2) is 0 Å². The molecule has 2 rings (SSSR count). The summed E-state index contributed by atoms with van der Waals surface area (Å²) in [5.41, 5.74) is 0. The third kappa shape index (κ3) is 2.51. The lowest BCUT2D eigenvalue weighted by molar-refractivity contribution is -0.140. The molecule has 0 N–H and O–H groups in total. The Hall–Kier alpha value is -0.510. The Morgan fingerprint density at radius 3 is 2.35 bits per heavy atom. The van der Waals surface area contributed by atoms with E-state index in [-0.39, 0.29) is 23.7 Å². The molecule has 3 atom stereocenters. The van der Waals surface area contributed by atoms with Crippen molar-refractivity contribution in [3.8, 4) is 0 Å². The van der Waals surface area contributed by atoms with Crippen LogP contribution in [0.15, 0.2) is 0 Å². The van der Waals surface area contributed by atoms with E-state index >= 15 is 0 Å². The molecule has 3 unspecified atom stereocenters. The van der Waals surface area contributed by atoms with Crippen molar-refractivity contribution in [1.82, 2.24) is 4.90 Å². The summed E-state index contributed by atoms with van der Waals surface area (Å²) < 4.78 is 0. The first-order chi connectivity index (χ1) is 8.15. The Morgan fingerprint density at radius 2 is 1.82 bits per heavy atom. The lowest BCUT2D eigenvalue weighted by Crippen LogP contribution is -2.33. The highest BCUT2D eigenvalue weighted by Gasteiger charge is 2.49. The summed E-state index contributed by atoms with van der Waals surface area (Å²) in [6, 6.07) is 0. The Balaban J connectivity index is 1.89. The van der Waals surface area contributed by atoms with Crippen molar-refractivity contribution in [2.24, 2.45) is 17.8 Å². The van der Waals surface area contributed by atoms with Crippen LogP contribution in [0.25, 0.3) is 0 Å². The van der Waals surface area contributed by atoms with Crippen molar-refractivity contribution in [2.45, 2.75) is 39.0 Å². The lowest BCUT2D eigenvalue weighted by atomic mass is 10.00. The number of hydrogen-bond acceptors (Lipinski definition) is 3. The van der Waals surface area contributed by atoms with Crippen LogP contribution < -0.4 is 0 Å². The highest BCUT2D eigenvalue weighted by molar-refractivity contribution is 7.80. The fraction of sp³-hybridized carbons (Fsp3) is 0.846. The third-order valence-corrected chi connectivity index (χ3v) is 4.41. The number of rotatable bonds is 5. The molecule has 17 heavy (non-hydrogen) atoms. The van der Waals surface area contributed by atoms with E-state index in [4.69, 9.17) is 0 Å². The summed E-state index contributed by atoms with van der Waals surface area (Å²) in [4.78, 5) is 25.6. The first kappa shape index (κ1) is 12.9. The number of likely N-dealkylation sites (tertiary alicyclic amines) is 1. The Labute approximate surface area is 108 Å². The van der Waals surface area contributed by atoms with Crippen LogP contribution in [0.3, 0.4) is 0 Å². The van der Waals surface area contributed by atoms with Crippen molar-refractivity contribution in [2.75, 3.05) is 12.3 Å². The van der Waals surface area contributed by atoms with Gasteiger partial charge in [-0.3, -0.25) is 14.5 Å². The summed E-state index contributed by atoms with van der Waals surface area (Å²) >= 11 is 4.20. The van der Waals surface area contributed by atoms with Gasteiger partial charge in [0.05, 0.1) is 11.8 Å². The molecule has 3 nitrogen and oxygen atoms in total. The molecule has 1 saturated carbocycles. The van der Waals surface area contributed by atoms with Gasteiger partial charge in [0.1, 0.15) is 0 Å². The number of amides is 2. The summed E-state index contributed by atoms with van der Waals surface area (Å²) in [6.07, 6.45) is 4.83. The highest BCUT2D eigenvalue weighted by Crippen LogP contribution is 2.39. The molecule has 1 aliphatic carbocycles. The predicted octanol–water partition coefficient (Wildman–Crippen LogP) is 2.12. The number of carbonyl (C=O) groups excluding carboxylic acids is 2. The van der Waals surface area contributed by atoms with Crippen LogP contribution in [0.5, 0.6) is 0 Å². The monoisotopic (exact) mass is 255 g/mol.